The van der Waals surface area contributed by atoms with Crippen LogP contribution in [0.2, 0.25) is 0 Å². The Morgan fingerprint density at radius 3 is 2.64 bits per heavy atom. The first-order valence-electron chi connectivity index (χ1n) is 8.43. The summed E-state index contributed by atoms with van der Waals surface area (Å²) in [6.07, 6.45) is 4.74. The van der Waals surface area contributed by atoms with Gasteiger partial charge in [0.05, 0.1) is 5.69 Å². The Balaban J connectivity index is 1.49. The highest BCUT2D eigenvalue weighted by molar-refractivity contribution is 5.77. The minimum absolute atomic E-state index is 0.0239. The fourth-order valence-corrected chi connectivity index (χ4v) is 2.82. The molecule has 5 heteroatoms. The van der Waals surface area contributed by atoms with Gasteiger partial charge in [0.1, 0.15) is 11.4 Å². The smallest absolute Gasteiger partial charge is 0.257 e. The molecule has 0 bridgehead atoms. The maximum atomic E-state index is 12.0. The van der Waals surface area contributed by atoms with Crippen molar-refractivity contribution in [1.29, 1.82) is 0 Å². The first-order chi connectivity index (χ1) is 12.0. The molecule has 1 aromatic carbocycles. The average Bonchev–Trinajstić information content (AvgIpc) is 2.96. The van der Waals surface area contributed by atoms with Gasteiger partial charge in [0.2, 0.25) is 0 Å². The number of amides is 1. The summed E-state index contributed by atoms with van der Waals surface area (Å²) in [5.41, 5.74) is 5.14. The van der Waals surface area contributed by atoms with E-state index in [4.69, 9.17) is 4.74 Å². The summed E-state index contributed by atoms with van der Waals surface area (Å²) in [6, 6.07) is 9.97. The van der Waals surface area contributed by atoms with Crippen molar-refractivity contribution in [3.63, 3.8) is 0 Å². The minimum Gasteiger partial charge on any atom is -0.483 e. The van der Waals surface area contributed by atoms with E-state index >= 15 is 0 Å². The summed E-state index contributed by atoms with van der Waals surface area (Å²) in [7, 11) is 0. The minimum atomic E-state index is -0.123. The van der Waals surface area contributed by atoms with Crippen LogP contribution in [0.25, 0.3) is 5.65 Å². The number of hydrogen-bond acceptors (Lipinski definition) is 3. The molecule has 2 heterocycles. The molecule has 1 N–H and O–H groups in total. The van der Waals surface area contributed by atoms with Crippen LogP contribution in [0, 0.1) is 20.8 Å². The molecular formula is C20H23N3O2. The first-order valence-corrected chi connectivity index (χ1v) is 8.43. The predicted octanol–water partition coefficient (Wildman–Crippen LogP) is 3.00. The highest BCUT2D eigenvalue weighted by atomic mass is 16.5. The number of carbonyl (C=O) groups excluding carboxylic acids is 1. The summed E-state index contributed by atoms with van der Waals surface area (Å²) in [6.45, 7) is 6.57. The number of nitrogens with one attached hydrogen (secondary N) is 1. The lowest BCUT2D eigenvalue weighted by atomic mass is 10.1. The maximum absolute atomic E-state index is 12.0. The number of ether oxygens (including phenoxy) is 1. The van der Waals surface area contributed by atoms with Gasteiger partial charge in [0, 0.05) is 25.4 Å². The zero-order valence-electron chi connectivity index (χ0n) is 14.9. The van der Waals surface area contributed by atoms with Crippen molar-refractivity contribution in [2.24, 2.45) is 0 Å². The van der Waals surface area contributed by atoms with Crippen molar-refractivity contribution in [2.45, 2.75) is 27.2 Å². The van der Waals surface area contributed by atoms with Crippen LogP contribution in [0.1, 0.15) is 22.4 Å². The Bertz CT molecular complexity index is 879. The van der Waals surface area contributed by atoms with Gasteiger partial charge in [-0.15, -0.1) is 0 Å². The lowest BCUT2D eigenvalue weighted by molar-refractivity contribution is -0.123. The summed E-state index contributed by atoms with van der Waals surface area (Å²) in [5.74, 6) is 0.663. The molecule has 5 nitrogen and oxygen atoms in total. The molecule has 130 valence electrons. The van der Waals surface area contributed by atoms with E-state index in [1.54, 1.807) is 0 Å². The second-order valence-electron chi connectivity index (χ2n) is 6.31. The van der Waals surface area contributed by atoms with Crippen molar-refractivity contribution < 1.29 is 9.53 Å². The van der Waals surface area contributed by atoms with Crippen molar-refractivity contribution in [1.82, 2.24) is 14.7 Å². The highest BCUT2D eigenvalue weighted by Gasteiger charge is 2.08. The Morgan fingerprint density at radius 1 is 1.12 bits per heavy atom. The first kappa shape index (κ1) is 17.0. The molecule has 0 aliphatic heterocycles. The van der Waals surface area contributed by atoms with Crippen LogP contribution in [0.15, 0.2) is 42.7 Å². The van der Waals surface area contributed by atoms with Gasteiger partial charge in [-0.2, -0.15) is 0 Å². The van der Waals surface area contributed by atoms with E-state index in [1.165, 1.54) is 5.56 Å². The summed E-state index contributed by atoms with van der Waals surface area (Å²) in [5, 5.41) is 2.88. The van der Waals surface area contributed by atoms with Crippen molar-refractivity contribution >= 4 is 11.6 Å². The van der Waals surface area contributed by atoms with Crippen LogP contribution in [0.4, 0.5) is 0 Å². The van der Waals surface area contributed by atoms with Gasteiger partial charge in [-0.1, -0.05) is 24.3 Å². The molecular weight excluding hydrogens is 314 g/mol. The number of fused-ring (bicyclic) bond motifs is 1. The molecule has 0 radical (unpaired) electrons. The molecule has 3 rings (SSSR count). The lowest BCUT2D eigenvalue weighted by Gasteiger charge is -2.11. The molecule has 0 atom stereocenters. The third kappa shape index (κ3) is 4.18. The van der Waals surface area contributed by atoms with E-state index < -0.39 is 0 Å². The van der Waals surface area contributed by atoms with Crippen LogP contribution in [-0.4, -0.2) is 28.4 Å². The number of rotatable bonds is 6. The molecule has 0 aliphatic carbocycles. The zero-order valence-corrected chi connectivity index (χ0v) is 14.9. The van der Waals surface area contributed by atoms with Gasteiger partial charge >= 0.3 is 0 Å². The standard InChI is InChI=1S/C20H23N3O2/c1-14-7-8-18-22-17(12-23(18)11-14)9-10-21-19(24)13-25-20-15(2)5-4-6-16(20)3/h4-8,11-12H,9-10,13H2,1-3H3,(H,21,24). The van der Waals surface area contributed by atoms with Crippen LogP contribution in [0.3, 0.4) is 0 Å². The van der Waals surface area contributed by atoms with Crippen molar-refractivity contribution in [2.75, 3.05) is 13.2 Å². The van der Waals surface area contributed by atoms with Gasteiger partial charge in [-0.3, -0.25) is 4.79 Å². The molecule has 0 fully saturated rings. The summed E-state index contributed by atoms with van der Waals surface area (Å²) in [4.78, 5) is 16.5. The quantitative estimate of drug-likeness (QED) is 0.752. The number of carbonyl (C=O) groups is 1. The lowest BCUT2D eigenvalue weighted by Crippen LogP contribution is -2.30. The number of pyridine rings is 1. The number of aryl methyl sites for hydroxylation is 3. The van der Waals surface area contributed by atoms with Gasteiger partial charge < -0.3 is 14.5 Å². The topological polar surface area (TPSA) is 55.6 Å². The monoisotopic (exact) mass is 337 g/mol. The Morgan fingerprint density at radius 2 is 1.88 bits per heavy atom. The maximum Gasteiger partial charge on any atom is 0.257 e. The number of benzene rings is 1. The van der Waals surface area contributed by atoms with Gasteiger partial charge in [0.15, 0.2) is 6.61 Å². The second kappa shape index (κ2) is 7.38. The molecule has 0 unspecified atom stereocenters. The van der Waals surface area contributed by atoms with Crippen LogP contribution in [0.5, 0.6) is 5.75 Å². The summed E-state index contributed by atoms with van der Waals surface area (Å²) >= 11 is 0. The molecule has 0 saturated carbocycles. The molecule has 0 saturated heterocycles. The van der Waals surface area contributed by atoms with Crippen LogP contribution < -0.4 is 10.1 Å². The molecule has 25 heavy (non-hydrogen) atoms. The number of imidazole rings is 1. The largest absolute Gasteiger partial charge is 0.483 e. The van der Waals surface area contributed by atoms with E-state index in [0.717, 1.165) is 28.2 Å². The normalized spacial score (nSPS) is 10.8. The molecule has 0 spiro atoms. The van der Waals surface area contributed by atoms with Gasteiger partial charge in [-0.05, 0) is 43.5 Å². The average molecular weight is 337 g/mol. The molecule has 1 amide bonds. The fraction of sp³-hybridized carbons (Fsp3) is 0.300. The number of aromatic nitrogens is 2. The number of nitrogens with zero attached hydrogens (tertiary/aromatic N) is 2. The molecule has 2 aromatic heterocycles. The zero-order chi connectivity index (χ0) is 17.8. The second-order valence-corrected chi connectivity index (χ2v) is 6.31. The van der Waals surface area contributed by atoms with E-state index in [1.807, 2.05) is 61.0 Å². The molecule has 0 aliphatic rings. The molecule has 3 aromatic rings. The van der Waals surface area contributed by atoms with E-state index in [0.29, 0.717) is 13.0 Å². The highest BCUT2D eigenvalue weighted by Crippen LogP contribution is 2.21. The van der Waals surface area contributed by atoms with Crippen molar-refractivity contribution in [3.8, 4) is 5.75 Å². The van der Waals surface area contributed by atoms with Crippen LogP contribution in [-0.2, 0) is 11.2 Å². The number of para-hydroxylation sites is 1. The van der Waals surface area contributed by atoms with Crippen molar-refractivity contribution in [3.05, 3.63) is 65.1 Å². The van der Waals surface area contributed by atoms with Gasteiger partial charge in [0.25, 0.3) is 5.91 Å². The SMILES string of the molecule is Cc1ccc2nc(CCNC(=O)COc3c(C)cccc3C)cn2c1. The van der Waals surface area contributed by atoms with E-state index in [9.17, 15) is 4.79 Å². The third-order valence-electron chi connectivity index (χ3n) is 4.11. The Hall–Kier alpha value is -2.82. The Kier molecular flexibility index (Phi) is 5.03. The van der Waals surface area contributed by atoms with E-state index in [-0.39, 0.29) is 12.5 Å². The van der Waals surface area contributed by atoms with Gasteiger partial charge in [-0.25, -0.2) is 4.98 Å². The fourth-order valence-electron chi connectivity index (χ4n) is 2.82. The predicted molar refractivity (Wildman–Crippen MR) is 98.1 cm³/mol. The third-order valence-corrected chi connectivity index (χ3v) is 4.11. The Labute approximate surface area is 147 Å². The van der Waals surface area contributed by atoms with E-state index in [2.05, 4.69) is 17.2 Å². The number of hydrogen-bond donors (Lipinski definition) is 1. The summed E-state index contributed by atoms with van der Waals surface area (Å²) < 4.78 is 7.67. The van der Waals surface area contributed by atoms with Crippen LogP contribution >= 0.6 is 0 Å².